The Labute approximate surface area is 162 Å². The summed E-state index contributed by atoms with van der Waals surface area (Å²) in [6, 6.07) is 8.78. The topological polar surface area (TPSA) is 51.3 Å². The van der Waals surface area contributed by atoms with E-state index < -0.39 is 0 Å². The number of hydrogen-bond donors (Lipinski definition) is 0. The molecule has 0 radical (unpaired) electrons. The molecule has 136 valence electrons. The Morgan fingerprint density at radius 1 is 1.31 bits per heavy atom. The molecule has 2 heterocycles. The number of aromatic nitrogens is 2. The molecule has 0 bridgehead atoms. The maximum atomic E-state index is 12.7. The van der Waals surface area contributed by atoms with Crippen molar-refractivity contribution < 1.29 is 9.21 Å². The molecule has 5 nitrogen and oxygen atoms in total. The van der Waals surface area contributed by atoms with Gasteiger partial charge in [0.2, 0.25) is 0 Å². The third-order valence-corrected chi connectivity index (χ3v) is 4.67. The Balaban J connectivity index is 1.81. The second-order valence-corrected chi connectivity index (χ2v) is 7.05. The first kappa shape index (κ1) is 18.5. The molecule has 7 heteroatoms. The van der Waals surface area contributed by atoms with E-state index in [9.17, 15) is 4.79 Å². The van der Waals surface area contributed by atoms with E-state index in [0.717, 1.165) is 11.4 Å². The summed E-state index contributed by atoms with van der Waals surface area (Å²) in [5.41, 5.74) is 0.934. The molecule has 3 rings (SSSR count). The van der Waals surface area contributed by atoms with Gasteiger partial charge in [-0.1, -0.05) is 29.3 Å². The molecule has 0 aliphatic carbocycles. The highest BCUT2D eigenvalue weighted by Crippen LogP contribution is 2.22. The number of rotatable bonds is 6. The van der Waals surface area contributed by atoms with E-state index in [2.05, 4.69) is 4.98 Å². The fraction of sp³-hybridized carbons (Fsp3) is 0.263. The molecule has 2 aromatic heterocycles. The summed E-state index contributed by atoms with van der Waals surface area (Å²) in [5.74, 6) is 0.922. The molecule has 0 aliphatic heterocycles. The summed E-state index contributed by atoms with van der Waals surface area (Å²) < 4.78 is 7.22. The Morgan fingerprint density at radius 3 is 2.77 bits per heavy atom. The van der Waals surface area contributed by atoms with Gasteiger partial charge in [0, 0.05) is 28.5 Å². The summed E-state index contributed by atoms with van der Waals surface area (Å²) in [7, 11) is 0. The van der Waals surface area contributed by atoms with E-state index in [1.807, 2.05) is 30.7 Å². The molecule has 0 atom stereocenters. The summed E-state index contributed by atoms with van der Waals surface area (Å²) >= 11 is 12.2. The molecule has 0 aliphatic rings. The maximum Gasteiger partial charge on any atom is 0.290 e. The second-order valence-electron chi connectivity index (χ2n) is 6.21. The maximum absolute atomic E-state index is 12.7. The summed E-state index contributed by atoms with van der Waals surface area (Å²) in [6.45, 7) is 4.84. The number of carbonyl (C=O) groups excluding carboxylic acids is 1. The monoisotopic (exact) mass is 391 g/mol. The van der Waals surface area contributed by atoms with Crippen LogP contribution < -0.4 is 0 Å². The van der Waals surface area contributed by atoms with Crippen molar-refractivity contribution >= 4 is 29.1 Å². The van der Waals surface area contributed by atoms with Gasteiger partial charge >= 0.3 is 0 Å². The van der Waals surface area contributed by atoms with Crippen molar-refractivity contribution in [1.82, 2.24) is 14.5 Å². The van der Waals surface area contributed by atoms with Gasteiger partial charge in [0.15, 0.2) is 5.76 Å². The molecule has 3 aromatic rings. The molecular weight excluding hydrogens is 373 g/mol. The standard InChI is InChI=1S/C19H19Cl2N3O2/c1-13(2)24(19(25)17-4-3-9-26-17)12-18-22-7-8-23(18)11-14-5-6-15(20)10-16(14)21/h3-10,13H,11-12H2,1-2H3. The van der Waals surface area contributed by atoms with Crippen molar-refractivity contribution in [3.05, 3.63) is 76.2 Å². The average molecular weight is 392 g/mol. The van der Waals surface area contributed by atoms with Crippen molar-refractivity contribution in [2.24, 2.45) is 0 Å². The number of carbonyl (C=O) groups is 1. The van der Waals surface area contributed by atoms with Crippen LogP contribution in [0, 0.1) is 0 Å². The summed E-state index contributed by atoms with van der Waals surface area (Å²) in [4.78, 5) is 18.8. The fourth-order valence-electron chi connectivity index (χ4n) is 2.65. The van der Waals surface area contributed by atoms with E-state index in [1.165, 1.54) is 6.26 Å². The summed E-state index contributed by atoms with van der Waals surface area (Å²) in [6.07, 6.45) is 5.08. The molecule has 0 fully saturated rings. The average Bonchev–Trinajstić information content (AvgIpc) is 3.26. The molecule has 26 heavy (non-hydrogen) atoms. The zero-order valence-corrected chi connectivity index (χ0v) is 16.0. The van der Waals surface area contributed by atoms with Crippen LogP contribution >= 0.6 is 23.2 Å². The van der Waals surface area contributed by atoms with Gasteiger partial charge in [-0.05, 0) is 43.7 Å². The number of nitrogens with zero attached hydrogens (tertiary/aromatic N) is 3. The van der Waals surface area contributed by atoms with Crippen molar-refractivity contribution in [1.29, 1.82) is 0 Å². The van der Waals surface area contributed by atoms with Crippen LogP contribution in [0.1, 0.15) is 35.8 Å². The largest absolute Gasteiger partial charge is 0.459 e. The van der Waals surface area contributed by atoms with Gasteiger partial charge in [-0.2, -0.15) is 0 Å². The number of halogens is 2. The van der Waals surface area contributed by atoms with Gasteiger partial charge in [-0.15, -0.1) is 0 Å². The van der Waals surface area contributed by atoms with Crippen molar-refractivity contribution in [3.8, 4) is 0 Å². The predicted octanol–water partition coefficient (Wildman–Crippen LogP) is 4.88. The number of hydrogen-bond acceptors (Lipinski definition) is 3. The van der Waals surface area contributed by atoms with E-state index in [4.69, 9.17) is 27.6 Å². The number of furan rings is 1. The van der Waals surface area contributed by atoms with Crippen molar-refractivity contribution in [2.45, 2.75) is 33.0 Å². The molecule has 0 saturated heterocycles. The smallest absolute Gasteiger partial charge is 0.290 e. The van der Waals surface area contributed by atoms with Gasteiger partial charge in [0.25, 0.3) is 5.91 Å². The highest BCUT2D eigenvalue weighted by atomic mass is 35.5. The first-order chi connectivity index (χ1) is 12.5. The second kappa shape index (κ2) is 7.98. The molecular formula is C19H19Cl2N3O2. The van der Waals surface area contributed by atoms with Crippen molar-refractivity contribution in [3.63, 3.8) is 0 Å². The number of benzene rings is 1. The third-order valence-electron chi connectivity index (χ3n) is 4.09. The predicted molar refractivity (Wildman–Crippen MR) is 102 cm³/mol. The third kappa shape index (κ3) is 4.11. The van der Waals surface area contributed by atoms with Gasteiger partial charge < -0.3 is 13.9 Å². The molecule has 1 aromatic carbocycles. The number of imidazole rings is 1. The fourth-order valence-corrected chi connectivity index (χ4v) is 3.12. The molecule has 0 saturated carbocycles. The van der Waals surface area contributed by atoms with E-state index >= 15 is 0 Å². The van der Waals surface area contributed by atoms with Crippen LogP contribution in [0.25, 0.3) is 0 Å². The van der Waals surface area contributed by atoms with Crippen LogP contribution in [-0.2, 0) is 13.1 Å². The lowest BCUT2D eigenvalue weighted by Gasteiger charge is -2.26. The lowest BCUT2D eigenvalue weighted by atomic mass is 10.2. The SMILES string of the molecule is CC(C)N(Cc1nccn1Cc1ccc(Cl)cc1Cl)C(=O)c1ccco1. The van der Waals surface area contributed by atoms with Crippen LogP contribution in [0.2, 0.25) is 10.0 Å². The Bertz CT molecular complexity index is 888. The van der Waals surface area contributed by atoms with Crippen LogP contribution in [0.3, 0.4) is 0 Å². The zero-order valence-electron chi connectivity index (χ0n) is 14.5. The minimum absolute atomic E-state index is 0.00290. The minimum atomic E-state index is -0.163. The van der Waals surface area contributed by atoms with Gasteiger partial charge in [-0.25, -0.2) is 4.98 Å². The highest BCUT2D eigenvalue weighted by molar-refractivity contribution is 6.35. The molecule has 0 N–H and O–H groups in total. The Kier molecular flexibility index (Phi) is 5.69. The van der Waals surface area contributed by atoms with Crippen LogP contribution in [-0.4, -0.2) is 26.4 Å². The van der Waals surface area contributed by atoms with Crippen LogP contribution in [0.5, 0.6) is 0 Å². The highest BCUT2D eigenvalue weighted by Gasteiger charge is 2.23. The Morgan fingerprint density at radius 2 is 2.12 bits per heavy atom. The van der Waals surface area contributed by atoms with Gasteiger partial charge in [-0.3, -0.25) is 4.79 Å². The zero-order chi connectivity index (χ0) is 18.7. The summed E-state index contributed by atoms with van der Waals surface area (Å²) in [5, 5.41) is 1.20. The molecule has 1 amide bonds. The van der Waals surface area contributed by atoms with E-state index in [-0.39, 0.29) is 11.9 Å². The first-order valence-electron chi connectivity index (χ1n) is 8.24. The molecule has 0 unspecified atom stereocenters. The van der Waals surface area contributed by atoms with E-state index in [0.29, 0.717) is 28.9 Å². The van der Waals surface area contributed by atoms with Gasteiger partial charge in [0.1, 0.15) is 5.82 Å². The minimum Gasteiger partial charge on any atom is -0.459 e. The lowest BCUT2D eigenvalue weighted by Crippen LogP contribution is -2.37. The van der Waals surface area contributed by atoms with Crippen LogP contribution in [0.15, 0.2) is 53.4 Å². The normalized spacial score (nSPS) is 11.1. The lowest BCUT2D eigenvalue weighted by molar-refractivity contribution is 0.0650. The molecule has 0 spiro atoms. The van der Waals surface area contributed by atoms with Crippen molar-refractivity contribution in [2.75, 3.05) is 0 Å². The first-order valence-corrected chi connectivity index (χ1v) is 8.99. The quantitative estimate of drug-likeness (QED) is 0.601. The Hall–Kier alpha value is -2.24. The van der Waals surface area contributed by atoms with Crippen LogP contribution in [0.4, 0.5) is 0 Å². The van der Waals surface area contributed by atoms with Gasteiger partial charge in [0.05, 0.1) is 19.4 Å². The van der Waals surface area contributed by atoms with E-state index in [1.54, 1.807) is 35.4 Å². The number of amides is 1.